The van der Waals surface area contributed by atoms with Crippen molar-refractivity contribution in [3.63, 3.8) is 0 Å². The fourth-order valence-corrected chi connectivity index (χ4v) is 1.83. The van der Waals surface area contributed by atoms with Gasteiger partial charge in [-0.2, -0.15) is 0 Å². The summed E-state index contributed by atoms with van der Waals surface area (Å²) >= 11 is 0. The van der Waals surface area contributed by atoms with E-state index in [9.17, 15) is 0 Å². The smallest absolute Gasteiger partial charge is 0.130 e. The maximum absolute atomic E-state index is 5.78. The van der Waals surface area contributed by atoms with E-state index in [1.807, 2.05) is 25.1 Å². The van der Waals surface area contributed by atoms with Gasteiger partial charge in [0.05, 0.1) is 23.1 Å². The Kier molecular flexibility index (Phi) is 2.04. The normalized spacial score (nSPS) is 10.9. The summed E-state index contributed by atoms with van der Waals surface area (Å²) in [5.74, 6) is 0.511. The van der Waals surface area contributed by atoms with E-state index in [2.05, 4.69) is 19.9 Å². The number of imidazole rings is 1. The van der Waals surface area contributed by atoms with E-state index in [0.29, 0.717) is 5.82 Å². The van der Waals surface area contributed by atoms with E-state index < -0.39 is 0 Å². The number of nitrogens with zero attached hydrogens (tertiary/aromatic N) is 3. The minimum Gasteiger partial charge on any atom is -0.383 e. The highest BCUT2D eigenvalue weighted by molar-refractivity contribution is 5.81. The fourth-order valence-electron chi connectivity index (χ4n) is 1.83. The molecule has 0 aliphatic rings. The molecule has 0 bridgehead atoms. The Bertz CT molecular complexity index is 686. The maximum atomic E-state index is 5.78. The molecule has 1 aromatic carbocycles. The zero-order valence-electron chi connectivity index (χ0n) is 9.31. The van der Waals surface area contributed by atoms with Gasteiger partial charge in [0.2, 0.25) is 0 Å². The summed E-state index contributed by atoms with van der Waals surface area (Å²) in [6.45, 7) is 1.92. The highest BCUT2D eigenvalue weighted by Crippen LogP contribution is 2.25. The number of H-pyrrole nitrogens is 1. The molecule has 0 fully saturated rings. The fraction of sp³-hybridized carbons (Fsp3) is 0.0833. The largest absolute Gasteiger partial charge is 0.383 e. The van der Waals surface area contributed by atoms with Crippen LogP contribution in [0.1, 0.15) is 5.56 Å². The number of benzene rings is 1. The quantitative estimate of drug-likeness (QED) is 0.663. The van der Waals surface area contributed by atoms with E-state index in [-0.39, 0.29) is 0 Å². The van der Waals surface area contributed by atoms with Crippen molar-refractivity contribution in [1.82, 2.24) is 19.9 Å². The topological polar surface area (TPSA) is 80.5 Å². The van der Waals surface area contributed by atoms with Crippen LogP contribution in [0.5, 0.6) is 0 Å². The zero-order valence-corrected chi connectivity index (χ0v) is 9.31. The van der Waals surface area contributed by atoms with Gasteiger partial charge in [-0.15, -0.1) is 0 Å². The third kappa shape index (κ3) is 1.52. The molecule has 5 heteroatoms. The first-order valence-corrected chi connectivity index (χ1v) is 5.26. The van der Waals surface area contributed by atoms with Crippen molar-refractivity contribution in [1.29, 1.82) is 0 Å². The van der Waals surface area contributed by atoms with Crippen LogP contribution < -0.4 is 5.73 Å². The van der Waals surface area contributed by atoms with Crippen LogP contribution >= 0.6 is 0 Å². The van der Waals surface area contributed by atoms with Gasteiger partial charge in [-0.1, -0.05) is 6.07 Å². The van der Waals surface area contributed by atoms with Gasteiger partial charge in [-0.05, 0) is 19.1 Å². The Morgan fingerprint density at radius 3 is 2.94 bits per heavy atom. The molecule has 3 aromatic rings. The molecule has 0 aliphatic heterocycles. The third-order valence-corrected chi connectivity index (χ3v) is 2.82. The summed E-state index contributed by atoms with van der Waals surface area (Å²) in [5, 5.41) is 0. The van der Waals surface area contributed by atoms with Gasteiger partial charge in [0.15, 0.2) is 0 Å². The Balaban J connectivity index is 2.23. The van der Waals surface area contributed by atoms with Crippen molar-refractivity contribution in [2.24, 2.45) is 0 Å². The molecule has 2 aromatic heterocycles. The lowest BCUT2D eigenvalue weighted by atomic mass is 10.1. The molecule has 84 valence electrons. The number of hydrogen-bond donors (Lipinski definition) is 2. The van der Waals surface area contributed by atoms with Gasteiger partial charge in [0.25, 0.3) is 0 Å². The second-order valence-corrected chi connectivity index (χ2v) is 3.87. The lowest BCUT2D eigenvalue weighted by molar-refractivity contribution is 1.14. The van der Waals surface area contributed by atoms with E-state index in [0.717, 1.165) is 27.9 Å². The number of fused-ring (bicyclic) bond motifs is 1. The number of aromatic amines is 1. The summed E-state index contributed by atoms with van der Waals surface area (Å²) in [5.41, 5.74) is 10.4. The molecule has 17 heavy (non-hydrogen) atoms. The van der Waals surface area contributed by atoms with Crippen LogP contribution in [0.25, 0.3) is 22.3 Å². The molecular weight excluding hydrogens is 214 g/mol. The van der Waals surface area contributed by atoms with Crippen LogP contribution in [0.4, 0.5) is 5.82 Å². The molecule has 2 heterocycles. The van der Waals surface area contributed by atoms with Crippen LogP contribution in [0, 0.1) is 6.92 Å². The van der Waals surface area contributed by atoms with Gasteiger partial charge in [0, 0.05) is 11.1 Å². The summed E-state index contributed by atoms with van der Waals surface area (Å²) in [6, 6.07) is 5.96. The van der Waals surface area contributed by atoms with Crippen molar-refractivity contribution in [3.05, 3.63) is 36.4 Å². The number of anilines is 1. The van der Waals surface area contributed by atoms with Crippen molar-refractivity contribution >= 4 is 16.9 Å². The van der Waals surface area contributed by atoms with Gasteiger partial charge in [0.1, 0.15) is 12.1 Å². The number of nitrogens with two attached hydrogens (primary N) is 1. The van der Waals surface area contributed by atoms with Gasteiger partial charge < -0.3 is 10.7 Å². The molecule has 0 saturated carbocycles. The van der Waals surface area contributed by atoms with Crippen molar-refractivity contribution in [3.8, 4) is 11.3 Å². The Morgan fingerprint density at radius 1 is 1.18 bits per heavy atom. The molecule has 3 N–H and O–H groups in total. The van der Waals surface area contributed by atoms with Crippen molar-refractivity contribution < 1.29 is 0 Å². The first-order chi connectivity index (χ1) is 8.25. The van der Waals surface area contributed by atoms with E-state index in [4.69, 9.17) is 5.73 Å². The standard InChI is InChI=1S/C12H11N5/c1-7-11(16-6-17-12(7)13)8-2-3-9-10(4-8)15-5-14-9/h2-6H,1H3,(H,14,15)(H2,13,16,17). The number of nitrogens with one attached hydrogen (secondary N) is 1. The first kappa shape index (κ1) is 9.77. The molecule has 0 spiro atoms. The number of hydrogen-bond acceptors (Lipinski definition) is 4. The molecule has 0 amide bonds. The van der Waals surface area contributed by atoms with Crippen molar-refractivity contribution in [2.45, 2.75) is 6.92 Å². The van der Waals surface area contributed by atoms with Crippen LogP contribution in [-0.4, -0.2) is 19.9 Å². The summed E-state index contributed by atoms with van der Waals surface area (Å²) < 4.78 is 0. The summed E-state index contributed by atoms with van der Waals surface area (Å²) in [4.78, 5) is 15.5. The Hall–Kier alpha value is -2.43. The second-order valence-electron chi connectivity index (χ2n) is 3.87. The molecule has 5 nitrogen and oxygen atoms in total. The lowest BCUT2D eigenvalue weighted by Crippen LogP contribution is -1.98. The molecule has 3 rings (SSSR count). The monoisotopic (exact) mass is 225 g/mol. The number of aromatic nitrogens is 4. The van der Waals surface area contributed by atoms with Crippen LogP contribution in [0.3, 0.4) is 0 Å². The first-order valence-electron chi connectivity index (χ1n) is 5.26. The molecule has 0 atom stereocenters. The van der Waals surface area contributed by atoms with Crippen LogP contribution in [-0.2, 0) is 0 Å². The summed E-state index contributed by atoms with van der Waals surface area (Å²) in [7, 11) is 0. The van der Waals surface area contributed by atoms with Crippen LogP contribution in [0.2, 0.25) is 0 Å². The average molecular weight is 225 g/mol. The van der Waals surface area contributed by atoms with Gasteiger partial charge in [-0.3, -0.25) is 0 Å². The van der Waals surface area contributed by atoms with Crippen LogP contribution in [0.15, 0.2) is 30.9 Å². The maximum Gasteiger partial charge on any atom is 0.130 e. The second kappa shape index (κ2) is 3.55. The molecule has 0 saturated heterocycles. The summed E-state index contributed by atoms with van der Waals surface area (Å²) in [6.07, 6.45) is 3.15. The number of nitrogen functional groups attached to an aromatic ring is 1. The minimum absolute atomic E-state index is 0.511. The molecule has 0 radical (unpaired) electrons. The molecular formula is C12H11N5. The highest BCUT2D eigenvalue weighted by atomic mass is 14.9. The minimum atomic E-state index is 0.511. The highest BCUT2D eigenvalue weighted by Gasteiger charge is 2.08. The van der Waals surface area contributed by atoms with E-state index in [1.54, 1.807) is 6.33 Å². The number of rotatable bonds is 1. The van der Waals surface area contributed by atoms with E-state index in [1.165, 1.54) is 6.33 Å². The average Bonchev–Trinajstić information content (AvgIpc) is 2.79. The Labute approximate surface area is 97.7 Å². The van der Waals surface area contributed by atoms with Gasteiger partial charge in [-0.25, -0.2) is 15.0 Å². The van der Waals surface area contributed by atoms with E-state index >= 15 is 0 Å². The SMILES string of the molecule is Cc1c(N)ncnc1-c1ccc2[nH]cnc2c1. The third-order valence-electron chi connectivity index (χ3n) is 2.82. The van der Waals surface area contributed by atoms with Gasteiger partial charge >= 0.3 is 0 Å². The molecule has 0 aliphatic carbocycles. The zero-order chi connectivity index (χ0) is 11.8. The molecule has 0 unspecified atom stereocenters. The lowest BCUT2D eigenvalue weighted by Gasteiger charge is -2.06. The van der Waals surface area contributed by atoms with Crippen molar-refractivity contribution in [2.75, 3.05) is 5.73 Å². The predicted molar refractivity (Wildman–Crippen MR) is 66.3 cm³/mol. The Morgan fingerprint density at radius 2 is 2.06 bits per heavy atom. The predicted octanol–water partition coefficient (Wildman–Crippen LogP) is 1.91.